The highest BCUT2D eigenvalue weighted by Crippen LogP contribution is 2.40. The lowest BCUT2D eigenvalue weighted by Crippen LogP contribution is -2.57. The van der Waals surface area contributed by atoms with E-state index in [1.54, 1.807) is 0 Å². The summed E-state index contributed by atoms with van der Waals surface area (Å²) in [5, 5.41) is 3.31. The monoisotopic (exact) mass is 175 g/mol. The van der Waals surface area contributed by atoms with Crippen molar-refractivity contribution in [3.63, 3.8) is 0 Å². The smallest absolute Gasteiger partial charge is 0.123 e. The number of nitrogens with one attached hydrogen (secondary N) is 1. The normalized spacial score (nSPS) is 29.8. The third-order valence-corrected chi connectivity index (χ3v) is 2.94. The van der Waals surface area contributed by atoms with Crippen LogP contribution in [-0.4, -0.2) is 12.6 Å². The second-order valence-electron chi connectivity index (χ2n) is 3.67. The molecule has 1 fully saturated rings. The highest BCUT2D eigenvalue weighted by molar-refractivity contribution is 5.76. The van der Waals surface area contributed by atoms with Gasteiger partial charge < -0.3 is 5.32 Å². The zero-order valence-electron chi connectivity index (χ0n) is 7.13. The summed E-state index contributed by atoms with van der Waals surface area (Å²) in [5.74, 6) is 0.525. The van der Waals surface area contributed by atoms with Gasteiger partial charge in [0.2, 0.25) is 0 Å². The molecule has 0 amide bonds. The molecule has 3 rings (SSSR count). The van der Waals surface area contributed by atoms with E-state index in [0.717, 1.165) is 6.54 Å². The molecule has 0 saturated carbocycles. The van der Waals surface area contributed by atoms with Gasteiger partial charge in [0, 0.05) is 18.5 Å². The molecule has 0 radical (unpaired) electrons. The minimum absolute atomic E-state index is 0.160. The summed E-state index contributed by atoms with van der Waals surface area (Å²) in [5.41, 5.74) is 2.55. The average Bonchev–Trinajstić information content (AvgIpc) is 2.12. The van der Waals surface area contributed by atoms with E-state index in [2.05, 4.69) is 11.4 Å². The number of rotatable bonds is 1. The molecule has 0 aromatic heterocycles. The molecule has 0 spiro atoms. The summed E-state index contributed by atoms with van der Waals surface area (Å²) in [7, 11) is 0. The standard InChI is InChI=1S/C11H10FN/c12-8-3-1-7(2-4-8)9-5-11-10(9)6-13-11/h1-5,10-11,13H,6H2. The Kier molecular flexibility index (Phi) is 1.35. The van der Waals surface area contributed by atoms with Crippen LogP contribution in [0.5, 0.6) is 0 Å². The molecule has 1 saturated heterocycles. The molecule has 13 heavy (non-hydrogen) atoms. The van der Waals surface area contributed by atoms with Crippen LogP contribution < -0.4 is 5.32 Å². The predicted molar refractivity (Wildman–Crippen MR) is 49.7 cm³/mol. The molecule has 1 aliphatic carbocycles. The van der Waals surface area contributed by atoms with Crippen LogP contribution in [0.1, 0.15) is 5.56 Å². The first-order chi connectivity index (χ1) is 6.34. The molecule has 1 aromatic carbocycles. The van der Waals surface area contributed by atoms with E-state index < -0.39 is 0 Å². The van der Waals surface area contributed by atoms with Crippen molar-refractivity contribution >= 4 is 5.57 Å². The van der Waals surface area contributed by atoms with Gasteiger partial charge >= 0.3 is 0 Å². The van der Waals surface area contributed by atoms with Crippen LogP contribution in [0, 0.1) is 11.7 Å². The lowest BCUT2D eigenvalue weighted by atomic mass is 9.71. The maximum atomic E-state index is 12.6. The van der Waals surface area contributed by atoms with Crippen LogP contribution in [0.2, 0.25) is 0 Å². The van der Waals surface area contributed by atoms with E-state index in [-0.39, 0.29) is 5.82 Å². The Hall–Kier alpha value is -1.15. The van der Waals surface area contributed by atoms with E-state index in [9.17, 15) is 4.39 Å². The van der Waals surface area contributed by atoms with Gasteiger partial charge in [-0.2, -0.15) is 0 Å². The summed E-state index contributed by atoms with van der Waals surface area (Å²) in [6.45, 7) is 1.08. The Bertz CT molecular complexity index is 366. The van der Waals surface area contributed by atoms with E-state index in [1.165, 1.54) is 23.3 Å². The predicted octanol–water partition coefficient (Wildman–Crippen LogP) is 1.81. The van der Waals surface area contributed by atoms with E-state index in [0.29, 0.717) is 12.0 Å². The average molecular weight is 175 g/mol. The van der Waals surface area contributed by atoms with Gasteiger partial charge in [-0.15, -0.1) is 0 Å². The van der Waals surface area contributed by atoms with Crippen LogP contribution in [0.3, 0.4) is 0 Å². The number of hydrogen-bond donors (Lipinski definition) is 1. The molecule has 1 N–H and O–H groups in total. The van der Waals surface area contributed by atoms with Gasteiger partial charge in [-0.05, 0) is 23.3 Å². The molecule has 2 unspecified atom stereocenters. The summed E-state index contributed by atoms with van der Waals surface area (Å²) in [4.78, 5) is 0. The van der Waals surface area contributed by atoms with Crippen molar-refractivity contribution in [3.8, 4) is 0 Å². The Labute approximate surface area is 76.3 Å². The SMILES string of the molecule is Fc1ccc(C2=CC3NCC23)cc1. The van der Waals surface area contributed by atoms with Crippen molar-refractivity contribution in [1.29, 1.82) is 0 Å². The fraction of sp³-hybridized carbons (Fsp3) is 0.273. The molecule has 0 bridgehead atoms. The van der Waals surface area contributed by atoms with Gasteiger partial charge in [0.05, 0.1) is 0 Å². The van der Waals surface area contributed by atoms with Crippen molar-refractivity contribution in [2.24, 2.45) is 5.92 Å². The molecular formula is C11H10FN. The maximum absolute atomic E-state index is 12.6. The topological polar surface area (TPSA) is 12.0 Å². The van der Waals surface area contributed by atoms with Gasteiger partial charge in [0.1, 0.15) is 5.82 Å². The molecule has 1 nitrogen and oxygen atoms in total. The molecule has 1 aromatic rings. The van der Waals surface area contributed by atoms with Gasteiger partial charge in [0.15, 0.2) is 0 Å². The second-order valence-corrected chi connectivity index (χ2v) is 3.67. The Morgan fingerprint density at radius 1 is 1.23 bits per heavy atom. The fourth-order valence-electron chi connectivity index (χ4n) is 2.00. The van der Waals surface area contributed by atoms with E-state index in [1.807, 2.05) is 12.1 Å². The van der Waals surface area contributed by atoms with Crippen LogP contribution in [0.15, 0.2) is 30.3 Å². The van der Waals surface area contributed by atoms with Gasteiger partial charge in [-0.1, -0.05) is 18.2 Å². The number of fused-ring (bicyclic) bond motifs is 1. The minimum Gasteiger partial charge on any atom is -0.309 e. The Morgan fingerprint density at radius 2 is 2.00 bits per heavy atom. The fourth-order valence-corrected chi connectivity index (χ4v) is 2.00. The highest BCUT2D eigenvalue weighted by Gasteiger charge is 2.39. The molecule has 66 valence electrons. The molecule has 2 atom stereocenters. The first-order valence-electron chi connectivity index (χ1n) is 4.55. The third-order valence-electron chi connectivity index (χ3n) is 2.94. The lowest BCUT2D eigenvalue weighted by Gasteiger charge is -2.46. The van der Waals surface area contributed by atoms with E-state index >= 15 is 0 Å². The minimum atomic E-state index is -0.160. The quantitative estimate of drug-likeness (QED) is 0.686. The van der Waals surface area contributed by atoms with Crippen molar-refractivity contribution < 1.29 is 4.39 Å². The maximum Gasteiger partial charge on any atom is 0.123 e. The van der Waals surface area contributed by atoms with Crippen molar-refractivity contribution in [1.82, 2.24) is 5.32 Å². The Morgan fingerprint density at radius 3 is 2.46 bits per heavy atom. The van der Waals surface area contributed by atoms with Crippen LogP contribution in [0.4, 0.5) is 4.39 Å². The summed E-state index contributed by atoms with van der Waals surface area (Å²) >= 11 is 0. The zero-order chi connectivity index (χ0) is 8.84. The number of benzene rings is 1. The highest BCUT2D eigenvalue weighted by atomic mass is 19.1. The van der Waals surface area contributed by atoms with Gasteiger partial charge in [-0.25, -0.2) is 4.39 Å². The first-order valence-corrected chi connectivity index (χ1v) is 4.55. The molecule has 2 heteroatoms. The van der Waals surface area contributed by atoms with Gasteiger partial charge in [0.25, 0.3) is 0 Å². The van der Waals surface area contributed by atoms with Crippen molar-refractivity contribution in [2.75, 3.05) is 6.54 Å². The van der Waals surface area contributed by atoms with Crippen molar-refractivity contribution in [3.05, 3.63) is 41.7 Å². The summed E-state index contributed by atoms with van der Waals surface area (Å²) < 4.78 is 12.6. The lowest BCUT2D eigenvalue weighted by molar-refractivity contribution is 0.318. The van der Waals surface area contributed by atoms with E-state index in [4.69, 9.17) is 0 Å². The molecule has 2 aliphatic rings. The second kappa shape index (κ2) is 2.42. The van der Waals surface area contributed by atoms with Gasteiger partial charge in [-0.3, -0.25) is 0 Å². The molecular weight excluding hydrogens is 165 g/mol. The molecule has 1 heterocycles. The number of halogens is 1. The molecule has 1 aliphatic heterocycles. The Balaban J connectivity index is 1.93. The number of hydrogen-bond acceptors (Lipinski definition) is 1. The first kappa shape index (κ1) is 7.27. The van der Waals surface area contributed by atoms with Crippen LogP contribution in [-0.2, 0) is 0 Å². The van der Waals surface area contributed by atoms with Crippen LogP contribution >= 0.6 is 0 Å². The zero-order valence-corrected chi connectivity index (χ0v) is 7.13. The third kappa shape index (κ3) is 0.954. The summed E-state index contributed by atoms with van der Waals surface area (Å²) in [6, 6.07) is 7.36. The van der Waals surface area contributed by atoms with Crippen LogP contribution in [0.25, 0.3) is 5.57 Å². The van der Waals surface area contributed by atoms with Crippen molar-refractivity contribution in [2.45, 2.75) is 6.04 Å². The largest absolute Gasteiger partial charge is 0.309 e. The summed E-state index contributed by atoms with van der Waals surface area (Å²) in [6.07, 6.45) is 2.22.